The van der Waals surface area contributed by atoms with Crippen molar-refractivity contribution in [3.8, 4) is 5.75 Å². The van der Waals surface area contributed by atoms with E-state index in [0.29, 0.717) is 13.1 Å². The molecule has 2 saturated heterocycles. The number of nitrogens with zero attached hydrogens (tertiary/aromatic N) is 2. The number of ether oxygens (including phenoxy) is 1. The second-order valence-electron chi connectivity index (χ2n) is 8.88. The Hall–Kier alpha value is -2.14. The molecule has 2 aliphatic heterocycles. The predicted molar refractivity (Wildman–Crippen MR) is 112 cm³/mol. The van der Waals surface area contributed by atoms with Crippen LogP contribution in [0.3, 0.4) is 0 Å². The van der Waals surface area contributed by atoms with Crippen molar-refractivity contribution in [3.05, 3.63) is 23.3 Å². The number of halogens is 3. The van der Waals surface area contributed by atoms with Crippen LogP contribution in [0, 0.1) is 5.41 Å². The number of alkyl halides is 3. The number of methoxy groups -OCH3 is 1. The van der Waals surface area contributed by atoms with E-state index in [1.165, 1.54) is 12.0 Å². The second-order valence-corrected chi connectivity index (χ2v) is 9.72. The molecule has 4 rings (SSSR count). The normalized spacial score (nSPS) is 24.7. The number of nitrogens with one attached hydrogen (secondary N) is 1. The maximum absolute atomic E-state index is 13.2. The number of amides is 2. The first-order valence-corrected chi connectivity index (χ1v) is 11.7. The van der Waals surface area contributed by atoms with Gasteiger partial charge >= 0.3 is 12.3 Å². The number of rotatable bonds is 5. The summed E-state index contributed by atoms with van der Waals surface area (Å²) in [5.74, 6) is -0.532. The van der Waals surface area contributed by atoms with Crippen LogP contribution >= 0.6 is 11.8 Å². The molecule has 7 nitrogen and oxygen atoms in total. The van der Waals surface area contributed by atoms with E-state index < -0.39 is 23.7 Å². The van der Waals surface area contributed by atoms with E-state index in [1.807, 2.05) is 0 Å². The Labute approximate surface area is 188 Å². The van der Waals surface area contributed by atoms with Crippen LogP contribution in [0.25, 0.3) is 0 Å². The summed E-state index contributed by atoms with van der Waals surface area (Å²) in [4.78, 5) is 28.1. The van der Waals surface area contributed by atoms with Crippen LogP contribution < -0.4 is 10.1 Å². The summed E-state index contributed by atoms with van der Waals surface area (Å²) in [5.41, 5.74) is -0.705. The van der Waals surface area contributed by atoms with Gasteiger partial charge in [0.1, 0.15) is 5.75 Å². The fourth-order valence-corrected chi connectivity index (χ4v) is 5.88. The highest BCUT2D eigenvalue weighted by atomic mass is 32.2. The van der Waals surface area contributed by atoms with Gasteiger partial charge in [-0.1, -0.05) is 0 Å². The smallest absolute Gasteiger partial charge is 0.416 e. The van der Waals surface area contributed by atoms with Crippen molar-refractivity contribution in [2.75, 3.05) is 39.5 Å². The first-order valence-electron chi connectivity index (χ1n) is 10.4. The molecule has 2 N–H and O–H groups in total. The fourth-order valence-electron chi connectivity index (χ4n) is 5.23. The van der Waals surface area contributed by atoms with E-state index in [1.54, 1.807) is 6.26 Å². The summed E-state index contributed by atoms with van der Waals surface area (Å²) in [6.45, 7) is 2.69. The zero-order valence-corrected chi connectivity index (χ0v) is 18.7. The van der Waals surface area contributed by atoms with E-state index in [0.717, 1.165) is 56.2 Å². The van der Waals surface area contributed by atoms with Gasteiger partial charge in [-0.05, 0) is 37.7 Å². The van der Waals surface area contributed by atoms with Gasteiger partial charge in [-0.15, -0.1) is 11.8 Å². The quantitative estimate of drug-likeness (QED) is 0.639. The van der Waals surface area contributed by atoms with Crippen molar-refractivity contribution < 1.29 is 32.6 Å². The Morgan fingerprint density at radius 3 is 2.47 bits per heavy atom. The summed E-state index contributed by atoms with van der Waals surface area (Å²) < 4.78 is 44.8. The number of hydrogen-bond donors (Lipinski definition) is 2. The van der Waals surface area contributed by atoms with Crippen LogP contribution in [0.15, 0.2) is 17.0 Å². The molecule has 3 aliphatic rings. The van der Waals surface area contributed by atoms with E-state index in [9.17, 15) is 22.8 Å². The van der Waals surface area contributed by atoms with Crippen molar-refractivity contribution in [3.63, 3.8) is 0 Å². The van der Waals surface area contributed by atoms with Crippen LogP contribution in [0.1, 0.15) is 35.2 Å². The van der Waals surface area contributed by atoms with Gasteiger partial charge in [0.2, 0.25) is 0 Å². The third-order valence-corrected chi connectivity index (χ3v) is 7.49. The van der Waals surface area contributed by atoms with Crippen molar-refractivity contribution >= 4 is 23.8 Å². The van der Waals surface area contributed by atoms with Gasteiger partial charge in [0, 0.05) is 48.6 Å². The highest BCUT2D eigenvalue weighted by Gasteiger charge is 2.55. The molecule has 1 spiro atoms. The number of likely N-dealkylation sites (tertiary alicyclic amines) is 2. The van der Waals surface area contributed by atoms with Gasteiger partial charge in [0.15, 0.2) is 0 Å². The first kappa shape index (κ1) is 23.0. The van der Waals surface area contributed by atoms with Crippen molar-refractivity contribution in [1.82, 2.24) is 15.1 Å². The van der Waals surface area contributed by atoms with Crippen LogP contribution in [-0.2, 0) is 6.18 Å². The monoisotopic (exact) mass is 473 g/mol. The van der Waals surface area contributed by atoms with Crippen molar-refractivity contribution in [1.29, 1.82) is 0 Å². The van der Waals surface area contributed by atoms with Crippen LogP contribution in [-0.4, -0.2) is 78.5 Å². The molecule has 2 atom stereocenters. The molecule has 3 fully saturated rings. The number of hydrogen-bond acceptors (Lipinski definition) is 5. The molecule has 2 heterocycles. The van der Waals surface area contributed by atoms with Gasteiger partial charge in [0.05, 0.1) is 18.2 Å². The van der Waals surface area contributed by atoms with Crippen molar-refractivity contribution in [2.45, 2.75) is 42.4 Å². The van der Waals surface area contributed by atoms with Crippen LogP contribution in [0.4, 0.5) is 18.0 Å². The van der Waals surface area contributed by atoms with E-state index >= 15 is 0 Å². The highest BCUT2D eigenvalue weighted by Crippen LogP contribution is 2.43. The van der Waals surface area contributed by atoms with Crippen LogP contribution in [0.5, 0.6) is 5.75 Å². The molecule has 0 radical (unpaired) electrons. The maximum atomic E-state index is 13.2. The Bertz CT molecular complexity index is 887. The lowest BCUT2D eigenvalue weighted by Gasteiger charge is -2.61. The SMILES string of the molecule is COc1cc(C(F)(F)F)cc(SC)c1C(=O)NC1CCCC1N1CC2(CN(C(=O)O)C2)C1. The molecule has 1 saturated carbocycles. The number of benzene rings is 1. The number of carbonyl (C=O) groups excluding carboxylic acids is 1. The summed E-state index contributed by atoms with van der Waals surface area (Å²) in [6, 6.07) is 1.88. The minimum absolute atomic E-state index is 0.0260. The average molecular weight is 474 g/mol. The molecule has 2 amide bonds. The first-order chi connectivity index (χ1) is 15.1. The number of carbonyl (C=O) groups is 2. The van der Waals surface area contributed by atoms with E-state index in [-0.39, 0.29) is 33.7 Å². The Kier molecular flexibility index (Phi) is 6.00. The lowest BCUT2D eigenvalue weighted by atomic mass is 9.72. The largest absolute Gasteiger partial charge is 0.496 e. The Morgan fingerprint density at radius 2 is 1.91 bits per heavy atom. The third kappa shape index (κ3) is 4.12. The van der Waals surface area contributed by atoms with Crippen LogP contribution in [0.2, 0.25) is 0 Å². The van der Waals surface area contributed by atoms with Gasteiger partial charge in [-0.3, -0.25) is 9.69 Å². The summed E-state index contributed by atoms with van der Waals surface area (Å²) >= 11 is 1.07. The minimum Gasteiger partial charge on any atom is -0.496 e. The standard InChI is InChI=1S/C21H26F3N3O4S/c1-31-15-6-12(21(22,23)24)7-16(32-2)17(15)18(28)25-13-4-3-5-14(13)26-8-20(9-26)10-27(11-20)19(29)30/h6-7,13-14H,3-5,8-11H2,1-2H3,(H,25,28)(H,29,30). The predicted octanol–water partition coefficient (Wildman–Crippen LogP) is 3.38. The van der Waals surface area contributed by atoms with Crippen molar-refractivity contribution in [2.24, 2.45) is 5.41 Å². The third-order valence-electron chi connectivity index (χ3n) is 6.73. The second kappa shape index (κ2) is 8.33. The van der Waals surface area contributed by atoms with Gasteiger partial charge in [-0.25, -0.2) is 4.79 Å². The molecule has 1 aromatic rings. The molecule has 32 heavy (non-hydrogen) atoms. The Balaban J connectivity index is 1.45. The lowest BCUT2D eigenvalue weighted by molar-refractivity contribution is -0.137. The maximum Gasteiger partial charge on any atom is 0.416 e. The molecular weight excluding hydrogens is 447 g/mol. The zero-order valence-electron chi connectivity index (χ0n) is 17.9. The summed E-state index contributed by atoms with van der Waals surface area (Å²) in [6.07, 6.45) is -1.14. The number of carboxylic acid groups (broad SMARTS) is 1. The molecule has 1 aliphatic carbocycles. The zero-order chi connectivity index (χ0) is 23.3. The average Bonchev–Trinajstić information content (AvgIpc) is 3.11. The van der Waals surface area contributed by atoms with Gasteiger partial charge in [-0.2, -0.15) is 13.2 Å². The number of thioether (sulfide) groups is 1. The molecule has 2 unspecified atom stereocenters. The summed E-state index contributed by atoms with van der Waals surface area (Å²) in [5, 5.41) is 12.1. The van der Waals surface area contributed by atoms with Gasteiger partial charge in [0.25, 0.3) is 5.91 Å². The molecule has 176 valence electrons. The van der Waals surface area contributed by atoms with E-state index in [4.69, 9.17) is 9.84 Å². The van der Waals surface area contributed by atoms with E-state index in [2.05, 4.69) is 10.2 Å². The lowest BCUT2D eigenvalue weighted by Crippen LogP contribution is -2.75. The fraction of sp³-hybridized carbons (Fsp3) is 0.619. The molecule has 11 heteroatoms. The van der Waals surface area contributed by atoms with Gasteiger partial charge < -0.3 is 20.1 Å². The molecule has 1 aromatic carbocycles. The minimum atomic E-state index is -4.53. The Morgan fingerprint density at radius 1 is 1.22 bits per heavy atom. The highest BCUT2D eigenvalue weighted by molar-refractivity contribution is 7.98. The topological polar surface area (TPSA) is 82.1 Å². The molecular formula is C21H26F3N3O4S. The molecule has 0 bridgehead atoms. The summed E-state index contributed by atoms with van der Waals surface area (Å²) in [7, 11) is 1.26. The molecule has 0 aromatic heterocycles.